The molecule has 27 heavy (non-hydrogen) atoms. The third-order valence-corrected chi connectivity index (χ3v) is 5.12. The highest BCUT2D eigenvalue weighted by Gasteiger charge is 2.25. The molecule has 0 aliphatic carbocycles. The number of nitrogens with zero attached hydrogens (tertiary/aromatic N) is 1. The summed E-state index contributed by atoms with van der Waals surface area (Å²) in [6, 6.07) is 15.9. The Morgan fingerprint density at radius 1 is 1.00 bits per heavy atom. The molecule has 1 aliphatic heterocycles. The normalized spacial score (nSPS) is 14.8. The summed E-state index contributed by atoms with van der Waals surface area (Å²) in [5.41, 5.74) is 1.22. The Morgan fingerprint density at radius 3 is 2.37 bits per heavy atom. The molecule has 3 rings (SSSR count). The maximum absolute atomic E-state index is 13.8. The highest BCUT2D eigenvalue weighted by molar-refractivity contribution is 5.94. The van der Waals surface area contributed by atoms with E-state index in [1.807, 2.05) is 30.3 Å². The number of benzene rings is 2. The van der Waals surface area contributed by atoms with E-state index in [2.05, 4.69) is 5.32 Å². The average Bonchev–Trinajstić information content (AvgIpc) is 2.72. The molecular formula is C22H25FN2O2. The standard InChI is InChI=1S/C22H25FN2O2/c23-20-9-5-4-8-19(20)22(27)25-14-12-17(13-15-25)10-11-21(26)24-16-18-6-2-1-3-7-18/h1-9,17H,10-16H2,(H,24,26). The molecule has 0 aromatic heterocycles. The summed E-state index contributed by atoms with van der Waals surface area (Å²) in [4.78, 5) is 26.2. The van der Waals surface area contributed by atoms with Gasteiger partial charge in [-0.15, -0.1) is 0 Å². The molecule has 0 saturated carbocycles. The number of rotatable bonds is 6. The van der Waals surface area contributed by atoms with Crippen molar-refractivity contribution >= 4 is 11.8 Å². The second kappa shape index (κ2) is 9.31. The predicted octanol–water partition coefficient (Wildman–Crippen LogP) is 3.77. The minimum atomic E-state index is -0.472. The van der Waals surface area contributed by atoms with Gasteiger partial charge in [0.1, 0.15) is 5.82 Å². The zero-order chi connectivity index (χ0) is 19.1. The molecule has 1 N–H and O–H groups in total. The van der Waals surface area contributed by atoms with Crippen LogP contribution in [0.2, 0.25) is 0 Å². The van der Waals surface area contributed by atoms with Crippen molar-refractivity contribution in [3.63, 3.8) is 0 Å². The summed E-state index contributed by atoms with van der Waals surface area (Å²) in [5, 5.41) is 2.95. The second-order valence-electron chi connectivity index (χ2n) is 7.02. The minimum absolute atomic E-state index is 0.0590. The van der Waals surface area contributed by atoms with E-state index < -0.39 is 5.82 Å². The van der Waals surface area contributed by atoms with Crippen molar-refractivity contribution in [1.29, 1.82) is 0 Å². The van der Waals surface area contributed by atoms with Crippen LogP contribution in [-0.4, -0.2) is 29.8 Å². The van der Waals surface area contributed by atoms with Crippen LogP contribution in [0.15, 0.2) is 54.6 Å². The molecule has 2 aromatic rings. The van der Waals surface area contributed by atoms with Crippen molar-refractivity contribution in [1.82, 2.24) is 10.2 Å². The topological polar surface area (TPSA) is 49.4 Å². The number of nitrogens with one attached hydrogen (secondary N) is 1. The van der Waals surface area contributed by atoms with E-state index in [1.54, 1.807) is 17.0 Å². The zero-order valence-electron chi connectivity index (χ0n) is 15.4. The van der Waals surface area contributed by atoms with E-state index in [0.717, 1.165) is 24.8 Å². The van der Waals surface area contributed by atoms with Crippen LogP contribution in [-0.2, 0) is 11.3 Å². The molecule has 0 radical (unpaired) electrons. The van der Waals surface area contributed by atoms with Crippen LogP contribution in [0.1, 0.15) is 41.6 Å². The number of amides is 2. The first kappa shape index (κ1) is 19.1. The molecule has 1 aliphatic rings. The summed E-state index contributed by atoms with van der Waals surface area (Å²) in [6.07, 6.45) is 3.03. The Labute approximate surface area is 159 Å². The smallest absolute Gasteiger partial charge is 0.256 e. The van der Waals surface area contributed by atoms with E-state index in [0.29, 0.717) is 32.0 Å². The third kappa shape index (κ3) is 5.39. The highest BCUT2D eigenvalue weighted by atomic mass is 19.1. The number of hydrogen-bond acceptors (Lipinski definition) is 2. The average molecular weight is 368 g/mol. The van der Waals surface area contributed by atoms with Crippen LogP contribution >= 0.6 is 0 Å². The van der Waals surface area contributed by atoms with Gasteiger partial charge in [-0.2, -0.15) is 0 Å². The molecule has 1 fully saturated rings. The van der Waals surface area contributed by atoms with E-state index in [1.165, 1.54) is 12.1 Å². The Balaban J connectivity index is 1.39. The Morgan fingerprint density at radius 2 is 1.67 bits per heavy atom. The first-order chi connectivity index (χ1) is 13.1. The number of hydrogen-bond donors (Lipinski definition) is 1. The highest BCUT2D eigenvalue weighted by Crippen LogP contribution is 2.23. The van der Waals surface area contributed by atoms with Gasteiger partial charge in [0.05, 0.1) is 5.56 Å². The van der Waals surface area contributed by atoms with Crippen LogP contribution in [0.5, 0.6) is 0 Å². The van der Waals surface area contributed by atoms with Crippen molar-refractivity contribution < 1.29 is 14.0 Å². The third-order valence-electron chi connectivity index (χ3n) is 5.12. The lowest BCUT2D eigenvalue weighted by atomic mass is 9.91. The SMILES string of the molecule is O=C(CCC1CCN(C(=O)c2ccccc2F)CC1)NCc1ccccc1. The lowest BCUT2D eigenvalue weighted by Crippen LogP contribution is -2.39. The number of likely N-dealkylation sites (tertiary alicyclic amines) is 1. The van der Waals surface area contributed by atoms with Crippen LogP contribution in [0.4, 0.5) is 4.39 Å². The summed E-state index contributed by atoms with van der Waals surface area (Å²) in [6.45, 7) is 1.78. The summed E-state index contributed by atoms with van der Waals surface area (Å²) in [5.74, 6) is -0.229. The van der Waals surface area contributed by atoms with Crippen LogP contribution in [0, 0.1) is 11.7 Å². The van der Waals surface area contributed by atoms with Gasteiger partial charge >= 0.3 is 0 Å². The first-order valence-electron chi connectivity index (χ1n) is 9.48. The zero-order valence-corrected chi connectivity index (χ0v) is 15.4. The fourth-order valence-electron chi connectivity index (χ4n) is 3.45. The number of piperidine rings is 1. The van der Waals surface area contributed by atoms with Crippen LogP contribution in [0.3, 0.4) is 0 Å². The monoisotopic (exact) mass is 368 g/mol. The van der Waals surface area contributed by atoms with Gasteiger partial charge in [0.2, 0.25) is 5.91 Å². The molecule has 0 spiro atoms. The van der Waals surface area contributed by atoms with E-state index in [9.17, 15) is 14.0 Å². The molecule has 0 atom stereocenters. The molecule has 5 heteroatoms. The first-order valence-corrected chi connectivity index (χ1v) is 9.48. The van der Waals surface area contributed by atoms with Crippen LogP contribution < -0.4 is 5.32 Å². The lowest BCUT2D eigenvalue weighted by molar-refractivity contribution is -0.121. The van der Waals surface area contributed by atoms with Gasteiger partial charge < -0.3 is 10.2 Å². The van der Waals surface area contributed by atoms with Crippen LogP contribution in [0.25, 0.3) is 0 Å². The van der Waals surface area contributed by atoms with Gasteiger partial charge in [-0.25, -0.2) is 4.39 Å². The van der Waals surface area contributed by atoms with Gasteiger partial charge in [-0.3, -0.25) is 9.59 Å². The lowest BCUT2D eigenvalue weighted by Gasteiger charge is -2.32. The quantitative estimate of drug-likeness (QED) is 0.844. The summed E-state index contributed by atoms with van der Waals surface area (Å²) in [7, 11) is 0. The number of halogens is 1. The fraction of sp³-hybridized carbons (Fsp3) is 0.364. The summed E-state index contributed by atoms with van der Waals surface area (Å²) >= 11 is 0. The van der Waals surface area contributed by atoms with Crippen molar-refractivity contribution in [2.75, 3.05) is 13.1 Å². The van der Waals surface area contributed by atoms with Gasteiger partial charge in [-0.05, 0) is 42.9 Å². The molecule has 0 unspecified atom stereocenters. The Bertz CT molecular complexity index is 771. The van der Waals surface area contributed by atoms with Crippen molar-refractivity contribution in [3.8, 4) is 0 Å². The Kier molecular flexibility index (Phi) is 6.58. The molecule has 2 amide bonds. The number of carbonyl (C=O) groups is 2. The minimum Gasteiger partial charge on any atom is -0.352 e. The molecule has 1 saturated heterocycles. The molecular weight excluding hydrogens is 343 g/mol. The molecule has 1 heterocycles. The van der Waals surface area contributed by atoms with Crippen molar-refractivity contribution in [2.45, 2.75) is 32.2 Å². The molecule has 4 nitrogen and oxygen atoms in total. The van der Waals surface area contributed by atoms with Gasteiger partial charge in [0.25, 0.3) is 5.91 Å². The molecule has 142 valence electrons. The van der Waals surface area contributed by atoms with E-state index in [4.69, 9.17) is 0 Å². The second-order valence-corrected chi connectivity index (χ2v) is 7.02. The summed E-state index contributed by atoms with van der Waals surface area (Å²) < 4.78 is 13.8. The number of carbonyl (C=O) groups excluding carboxylic acids is 2. The van der Waals surface area contributed by atoms with Crippen molar-refractivity contribution in [2.24, 2.45) is 5.92 Å². The molecule has 2 aromatic carbocycles. The maximum atomic E-state index is 13.8. The van der Waals surface area contributed by atoms with Crippen molar-refractivity contribution in [3.05, 3.63) is 71.5 Å². The predicted molar refractivity (Wildman–Crippen MR) is 103 cm³/mol. The van der Waals surface area contributed by atoms with Gasteiger partial charge in [-0.1, -0.05) is 42.5 Å². The fourth-order valence-corrected chi connectivity index (χ4v) is 3.45. The largest absolute Gasteiger partial charge is 0.352 e. The van der Waals surface area contributed by atoms with Gasteiger partial charge in [0.15, 0.2) is 0 Å². The van der Waals surface area contributed by atoms with Gasteiger partial charge in [0, 0.05) is 26.1 Å². The molecule has 0 bridgehead atoms. The maximum Gasteiger partial charge on any atom is 0.256 e. The Hall–Kier alpha value is -2.69. The van der Waals surface area contributed by atoms with E-state index >= 15 is 0 Å². The van der Waals surface area contributed by atoms with E-state index in [-0.39, 0.29) is 17.4 Å².